The van der Waals surface area contributed by atoms with Gasteiger partial charge in [-0.2, -0.15) is 0 Å². The average Bonchev–Trinajstić information content (AvgIpc) is 2.76. The third-order valence-electron chi connectivity index (χ3n) is 6.12. The van der Waals surface area contributed by atoms with Crippen LogP contribution < -0.4 is 10.9 Å². The molecule has 2 aromatic heterocycles. The monoisotopic (exact) mass is 506 g/mol. The summed E-state index contributed by atoms with van der Waals surface area (Å²) in [5, 5.41) is 3.42. The fourth-order valence-corrected chi connectivity index (χ4v) is 5.37. The van der Waals surface area contributed by atoms with Crippen molar-refractivity contribution in [3.63, 3.8) is 0 Å². The van der Waals surface area contributed by atoms with Gasteiger partial charge in [0.2, 0.25) is 0 Å². The first-order chi connectivity index (χ1) is 16.3. The number of fused-ring (bicyclic) bond motifs is 1. The van der Waals surface area contributed by atoms with Crippen molar-refractivity contribution in [3.05, 3.63) is 69.2 Å². The minimum atomic E-state index is -3.35. The van der Waals surface area contributed by atoms with Crippen molar-refractivity contribution in [3.8, 4) is 0 Å². The first kappa shape index (κ1) is 24.9. The molecule has 0 fully saturated rings. The standard InChI is InChI=1S/C24H25F3N4O3S/c1-13(16-6-5-7-18(20(16)25)24(3,26)27)28-22-17-12-19(15-8-10-35(33,34)11-9-15)31(4)23(32)21(17)29-14(2)30-22/h5-8,12-13H,9-11H2,1-4H3,(H,28,29,30)/t13-/m1/s1. The van der Waals surface area contributed by atoms with E-state index in [4.69, 9.17) is 0 Å². The molecule has 1 aliphatic rings. The third kappa shape index (κ3) is 4.82. The van der Waals surface area contributed by atoms with Gasteiger partial charge < -0.3 is 9.88 Å². The largest absolute Gasteiger partial charge is 0.363 e. The minimum Gasteiger partial charge on any atom is -0.363 e. The highest BCUT2D eigenvalue weighted by molar-refractivity contribution is 7.91. The highest BCUT2D eigenvalue weighted by atomic mass is 32.2. The Balaban J connectivity index is 1.82. The molecule has 3 aromatic rings. The van der Waals surface area contributed by atoms with Crippen LogP contribution in [0.3, 0.4) is 0 Å². The zero-order chi connectivity index (χ0) is 25.7. The number of aromatic nitrogens is 3. The molecular formula is C24H25F3N4O3S. The molecule has 0 aliphatic carbocycles. The molecule has 1 N–H and O–H groups in total. The molecule has 1 aliphatic heterocycles. The van der Waals surface area contributed by atoms with Gasteiger partial charge in [0.05, 0.1) is 28.5 Å². The van der Waals surface area contributed by atoms with Crippen LogP contribution in [-0.2, 0) is 22.8 Å². The Bertz CT molecular complexity index is 1530. The number of allylic oxidation sites excluding steroid dienone is 1. The summed E-state index contributed by atoms with van der Waals surface area (Å²) in [6, 6.07) is 4.76. The van der Waals surface area contributed by atoms with Gasteiger partial charge in [0.15, 0.2) is 9.84 Å². The van der Waals surface area contributed by atoms with Crippen LogP contribution in [0.1, 0.15) is 49.0 Å². The van der Waals surface area contributed by atoms with E-state index in [1.807, 2.05) is 0 Å². The molecule has 35 heavy (non-hydrogen) atoms. The second-order valence-electron chi connectivity index (χ2n) is 8.83. The number of aryl methyl sites for hydroxylation is 1. The maximum atomic E-state index is 14.9. The quantitative estimate of drug-likeness (QED) is 0.556. The number of alkyl halides is 2. The minimum absolute atomic E-state index is 0.0186. The highest BCUT2D eigenvalue weighted by Crippen LogP contribution is 2.34. The normalized spacial score (nSPS) is 16.7. The summed E-state index contributed by atoms with van der Waals surface area (Å²) in [5.74, 6) is -3.94. The lowest BCUT2D eigenvalue weighted by atomic mass is 10.0. The van der Waals surface area contributed by atoms with Gasteiger partial charge in [-0.25, -0.2) is 31.6 Å². The molecule has 0 bridgehead atoms. The number of pyridine rings is 1. The molecule has 0 amide bonds. The van der Waals surface area contributed by atoms with Crippen LogP contribution in [0.4, 0.5) is 19.0 Å². The number of benzene rings is 1. The van der Waals surface area contributed by atoms with Crippen molar-refractivity contribution in [2.24, 2.45) is 7.05 Å². The summed E-state index contributed by atoms with van der Waals surface area (Å²) in [6.45, 7) is 3.85. The Morgan fingerprint density at radius 3 is 2.57 bits per heavy atom. The van der Waals surface area contributed by atoms with E-state index in [9.17, 15) is 26.4 Å². The Labute approximate surface area is 200 Å². The van der Waals surface area contributed by atoms with Gasteiger partial charge in [0.1, 0.15) is 23.0 Å². The van der Waals surface area contributed by atoms with Crippen LogP contribution >= 0.6 is 0 Å². The number of hydrogen-bond acceptors (Lipinski definition) is 6. The van der Waals surface area contributed by atoms with Crippen molar-refractivity contribution in [1.82, 2.24) is 14.5 Å². The Morgan fingerprint density at radius 1 is 1.23 bits per heavy atom. The van der Waals surface area contributed by atoms with E-state index in [2.05, 4.69) is 15.3 Å². The average molecular weight is 507 g/mol. The van der Waals surface area contributed by atoms with Crippen LogP contribution in [0.5, 0.6) is 0 Å². The molecule has 1 atom stereocenters. The maximum absolute atomic E-state index is 14.9. The molecule has 0 radical (unpaired) electrons. The van der Waals surface area contributed by atoms with Gasteiger partial charge in [-0.1, -0.05) is 24.3 Å². The second-order valence-corrected chi connectivity index (χ2v) is 11.1. The molecule has 0 unspecified atom stereocenters. The number of nitrogens with zero attached hydrogens (tertiary/aromatic N) is 3. The van der Waals surface area contributed by atoms with E-state index in [0.29, 0.717) is 29.4 Å². The van der Waals surface area contributed by atoms with Gasteiger partial charge >= 0.3 is 0 Å². The molecule has 186 valence electrons. The second kappa shape index (κ2) is 8.78. The molecular weight excluding hydrogens is 481 g/mol. The highest BCUT2D eigenvalue weighted by Gasteiger charge is 2.30. The molecule has 7 nitrogen and oxygen atoms in total. The molecule has 4 rings (SSSR count). The number of rotatable bonds is 5. The summed E-state index contributed by atoms with van der Waals surface area (Å²) in [6.07, 6.45) is 1.85. The number of nitrogens with one attached hydrogen (secondary N) is 1. The molecule has 0 saturated heterocycles. The zero-order valence-corrected chi connectivity index (χ0v) is 20.5. The predicted octanol–water partition coefficient (Wildman–Crippen LogP) is 4.26. The van der Waals surface area contributed by atoms with Crippen molar-refractivity contribution >= 4 is 32.1 Å². The van der Waals surface area contributed by atoms with Crippen LogP contribution in [0.2, 0.25) is 0 Å². The zero-order valence-electron chi connectivity index (χ0n) is 19.7. The first-order valence-corrected chi connectivity index (χ1v) is 12.8. The van der Waals surface area contributed by atoms with Crippen LogP contribution in [0, 0.1) is 12.7 Å². The van der Waals surface area contributed by atoms with Crippen LogP contribution in [0.25, 0.3) is 16.5 Å². The van der Waals surface area contributed by atoms with Crippen LogP contribution in [0.15, 0.2) is 35.1 Å². The van der Waals surface area contributed by atoms with Crippen molar-refractivity contribution in [1.29, 1.82) is 0 Å². The van der Waals surface area contributed by atoms with Gasteiger partial charge in [0, 0.05) is 25.2 Å². The number of sulfone groups is 1. The van der Waals surface area contributed by atoms with Gasteiger partial charge in [-0.3, -0.25) is 4.79 Å². The number of halogens is 3. The fraction of sp³-hybridized carbons (Fsp3) is 0.375. The summed E-state index contributed by atoms with van der Waals surface area (Å²) in [5.41, 5.74) is 0.299. The first-order valence-electron chi connectivity index (χ1n) is 11.0. The molecule has 3 heterocycles. The third-order valence-corrected chi connectivity index (χ3v) is 7.62. The van der Waals surface area contributed by atoms with Crippen molar-refractivity contribution < 1.29 is 21.6 Å². The SMILES string of the molecule is Cc1nc(N[C@H](C)c2cccc(C(C)(F)F)c2F)c2cc(C3=CCS(=O)(=O)CC3)n(C)c(=O)c2n1. The molecule has 0 spiro atoms. The van der Waals surface area contributed by atoms with E-state index in [1.165, 1.54) is 16.7 Å². The molecule has 0 saturated carbocycles. The van der Waals surface area contributed by atoms with Gasteiger partial charge in [0.25, 0.3) is 11.5 Å². The Morgan fingerprint density at radius 2 is 1.94 bits per heavy atom. The van der Waals surface area contributed by atoms with E-state index in [1.54, 1.807) is 33.0 Å². The van der Waals surface area contributed by atoms with E-state index < -0.39 is 38.7 Å². The van der Waals surface area contributed by atoms with E-state index >= 15 is 0 Å². The number of hydrogen-bond donors (Lipinski definition) is 1. The van der Waals surface area contributed by atoms with E-state index in [-0.39, 0.29) is 34.8 Å². The summed E-state index contributed by atoms with van der Waals surface area (Å²) < 4.78 is 67.7. The Hall–Kier alpha value is -3.21. The molecule has 11 heteroatoms. The maximum Gasteiger partial charge on any atom is 0.277 e. The van der Waals surface area contributed by atoms with Crippen molar-refractivity contribution in [2.45, 2.75) is 39.2 Å². The smallest absolute Gasteiger partial charge is 0.277 e. The van der Waals surface area contributed by atoms with Crippen molar-refractivity contribution in [2.75, 3.05) is 16.8 Å². The topological polar surface area (TPSA) is 94.0 Å². The summed E-state index contributed by atoms with van der Waals surface area (Å²) >= 11 is 0. The number of anilines is 1. The predicted molar refractivity (Wildman–Crippen MR) is 129 cm³/mol. The van der Waals surface area contributed by atoms with Gasteiger partial charge in [-0.05, 0) is 31.9 Å². The van der Waals surface area contributed by atoms with E-state index in [0.717, 1.165) is 6.07 Å². The van der Waals surface area contributed by atoms with Gasteiger partial charge in [-0.15, -0.1) is 0 Å². The fourth-order valence-electron chi connectivity index (χ4n) is 4.22. The lowest BCUT2D eigenvalue weighted by molar-refractivity contribution is 0.0136. The van der Waals surface area contributed by atoms with Crippen LogP contribution in [-0.4, -0.2) is 34.5 Å². The summed E-state index contributed by atoms with van der Waals surface area (Å²) in [4.78, 5) is 21.8. The lowest BCUT2D eigenvalue weighted by Gasteiger charge is -2.21. The molecule has 1 aromatic carbocycles. The summed E-state index contributed by atoms with van der Waals surface area (Å²) in [7, 11) is -1.57. The lowest BCUT2D eigenvalue weighted by Crippen LogP contribution is -2.24. The Kier molecular flexibility index (Phi) is 6.25.